The summed E-state index contributed by atoms with van der Waals surface area (Å²) in [6, 6.07) is 7.00. The van der Waals surface area contributed by atoms with Gasteiger partial charge in [-0.3, -0.25) is 0 Å². The fourth-order valence-electron chi connectivity index (χ4n) is 1.50. The Hall–Kier alpha value is -0.910. The molecule has 1 N–H and O–H groups in total. The van der Waals surface area contributed by atoms with Crippen molar-refractivity contribution in [1.82, 2.24) is 4.72 Å². The van der Waals surface area contributed by atoms with E-state index >= 15 is 0 Å². The lowest BCUT2D eigenvalue weighted by molar-refractivity contribution is 0.406. The maximum absolute atomic E-state index is 11.9. The van der Waals surface area contributed by atoms with E-state index in [0.717, 1.165) is 5.56 Å². The Morgan fingerprint density at radius 3 is 2.41 bits per heavy atom. The van der Waals surface area contributed by atoms with Crippen molar-refractivity contribution >= 4 is 10.0 Å². The summed E-state index contributed by atoms with van der Waals surface area (Å²) in [6.45, 7) is 5.15. The molecule has 94 valence electrons. The van der Waals surface area contributed by atoms with E-state index in [2.05, 4.69) is 18.6 Å². The Kier molecular flexibility index (Phi) is 3.51. The molecule has 0 aromatic heterocycles. The number of sulfonamides is 1. The normalized spacial score (nSPS) is 19.6. The lowest BCUT2D eigenvalue weighted by Gasteiger charge is -2.08. The van der Waals surface area contributed by atoms with Gasteiger partial charge in [0.1, 0.15) is 0 Å². The first-order valence-corrected chi connectivity index (χ1v) is 7.18. The van der Waals surface area contributed by atoms with Gasteiger partial charge in [-0.05, 0) is 23.6 Å². The predicted octanol–water partition coefficient (Wildman–Crippen LogP) is 1.49. The van der Waals surface area contributed by atoms with Crippen LogP contribution in [0.4, 0.5) is 0 Å². The van der Waals surface area contributed by atoms with Gasteiger partial charge in [0.25, 0.3) is 0 Å². The molecule has 4 nitrogen and oxygen atoms in total. The van der Waals surface area contributed by atoms with Gasteiger partial charge in [0.2, 0.25) is 10.0 Å². The van der Waals surface area contributed by atoms with Crippen molar-refractivity contribution in [3.05, 3.63) is 29.8 Å². The molecule has 1 saturated heterocycles. The first-order chi connectivity index (χ1) is 7.99. The summed E-state index contributed by atoms with van der Waals surface area (Å²) in [5.74, 6) is 0.402. The highest BCUT2D eigenvalue weighted by Gasteiger charge is 2.25. The number of nitrogens with one attached hydrogen (secondary N) is 1. The second-order valence-electron chi connectivity index (χ2n) is 4.53. The molecular formula is C12H17NO3S. The summed E-state index contributed by atoms with van der Waals surface area (Å²) in [5, 5.41) is 0. The van der Waals surface area contributed by atoms with Crippen LogP contribution in [0.5, 0.6) is 0 Å². The lowest BCUT2D eigenvalue weighted by atomic mass is 10.0. The molecule has 0 spiro atoms. The van der Waals surface area contributed by atoms with Crippen LogP contribution < -0.4 is 4.72 Å². The van der Waals surface area contributed by atoms with Crippen LogP contribution in [0.25, 0.3) is 0 Å². The molecule has 0 aliphatic carbocycles. The highest BCUT2D eigenvalue weighted by molar-refractivity contribution is 7.89. The Morgan fingerprint density at radius 1 is 1.35 bits per heavy atom. The molecule has 0 amide bonds. The molecule has 0 radical (unpaired) electrons. The smallest absolute Gasteiger partial charge is 0.240 e. The summed E-state index contributed by atoms with van der Waals surface area (Å²) in [6.07, 6.45) is 0.0553. The van der Waals surface area contributed by atoms with E-state index in [1.807, 2.05) is 12.1 Å². The van der Waals surface area contributed by atoms with Crippen molar-refractivity contribution in [3.8, 4) is 0 Å². The van der Waals surface area contributed by atoms with Crippen LogP contribution in [0.2, 0.25) is 0 Å². The van der Waals surface area contributed by atoms with Crippen molar-refractivity contribution in [2.75, 3.05) is 13.2 Å². The number of benzene rings is 1. The Bertz CT molecular complexity index is 475. The third kappa shape index (κ3) is 3.28. The average molecular weight is 255 g/mol. The van der Waals surface area contributed by atoms with E-state index in [-0.39, 0.29) is 6.10 Å². The van der Waals surface area contributed by atoms with Crippen molar-refractivity contribution in [1.29, 1.82) is 0 Å². The predicted molar refractivity (Wildman–Crippen MR) is 65.5 cm³/mol. The molecule has 1 unspecified atom stereocenters. The molecular weight excluding hydrogens is 238 g/mol. The molecule has 1 aromatic carbocycles. The van der Waals surface area contributed by atoms with Crippen LogP contribution in [-0.2, 0) is 14.8 Å². The minimum atomic E-state index is -3.39. The van der Waals surface area contributed by atoms with Crippen molar-refractivity contribution in [2.45, 2.75) is 30.8 Å². The van der Waals surface area contributed by atoms with E-state index in [0.29, 0.717) is 24.0 Å². The van der Waals surface area contributed by atoms with Crippen LogP contribution in [0.1, 0.15) is 25.3 Å². The third-order valence-corrected chi connectivity index (χ3v) is 4.20. The van der Waals surface area contributed by atoms with Gasteiger partial charge < -0.3 is 4.74 Å². The monoisotopic (exact) mass is 255 g/mol. The van der Waals surface area contributed by atoms with Gasteiger partial charge in [-0.25, -0.2) is 13.1 Å². The van der Waals surface area contributed by atoms with Crippen LogP contribution >= 0.6 is 0 Å². The minimum absolute atomic E-state index is 0.0553. The van der Waals surface area contributed by atoms with E-state index in [4.69, 9.17) is 4.74 Å². The number of hydrogen-bond donors (Lipinski definition) is 1. The molecule has 1 atom stereocenters. The van der Waals surface area contributed by atoms with Crippen molar-refractivity contribution < 1.29 is 13.2 Å². The highest BCUT2D eigenvalue weighted by atomic mass is 32.2. The number of ether oxygens (including phenoxy) is 1. The van der Waals surface area contributed by atoms with Crippen LogP contribution in [0.15, 0.2) is 29.2 Å². The second-order valence-corrected chi connectivity index (χ2v) is 6.30. The first-order valence-electron chi connectivity index (χ1n) is 5.70. The number of epoxide rings is 1. The second kappa shape index (κ2) is 4.76. The van der Waals surface area contributed by atoms with E-state index in [1.54, 1.807) is 12.1 Å². The maximum atomic E-state index is 11.9. The Morgan fingerprint density at radius 2 is 1.94 bits per heavy atom. The topological polar surface area (TPSA) is 58.7 Å². The van der Waals surface area contributed by atoms with Gasteiger partial charge in [-0.2, -0.15) is 0 Å². The Balaban J connectivity index is 2.09. The molecule has 2 rings (SSSR count). The zero-order chi connectivity index (χ0) is 12.5. The van der Waals surface area contributed by atoms with Gasteiger partial charge >= 0.3 is 0 Å². The summed E-state index contributed by atoms with van der Waals surface area (Å²) >= 11 is 0. The molecule has 1 aliphatic rings. The lowest BCUT2D eigenvalue weighted by Crippen LogP contribution is -2.27. The Labute approximate surface area is 102 Å². The first kappa shape index (κ1) is 12.5. The van der Waals surface area contributed by atoms with Gasteiger partial charge in [-0.1, -0.05) is 26.0 Å². The van der Waals surface area contributed by atoms with Crippen LogP contribution in [0.3, 0.4) is 0 Å². The molecule has 1 aromatic rings. The molecule has 1 aliphatic heterocycles. The van der Waals surface area contributed by atoms with Crippen LogP contribution in [-0.4, -0.2) is 27.7 Å². The summed E-state index contributed by atoms with van der Waals surface area (Å²) in [7, 11) is -3.39. The molecule has 1 fully saturated rings. The summed E-state index contributed by atoms with van der Waals surface area (Å²) < 4.78 is 31.3. The van der Waals surface area contributed by atoms with Gasteiger partial charge in [0.15, 0.2) is 0 Å². The van der Waals surface area contributed by atoms with E-state index in [1.165, 1.54) is 0 Å². The SMILES string of the molecule is CC(C)c1ccc(S(=O)(=O)NCC2CO2)cc1. The maximum Gasteiger partial charge on any atom is 0.240 e. The molecule has 0 saturated carbocycles. The number of rotatable bonds is 5. The fraction of sp³-hybridized carbons (Fsp3) is 0.500. The average Bonchev–Trinajstić information content (AvgIpc) is 3.10. The van der Waals surface area contributed by atoms with Gasteiger partial charge in [0, 0.05) is 6.54 Å². The molecule has 5 heteroatoms. The highest BCUT2D eigenvalue weighted by Crippen LogP contribution is 2.17. The van der Waals surface area contributed by atoms with Gasteiger partial charge in [-0.15, -0.1) is 0 Å². The fourth-order valence-corrected chi connectivity index (χ4v) is 2.57. The molecule has 17 heavy (non-hydrogen) atoms. The van der Waals surface area contributed by atoms with Gasteiger partial charge in [0.05, 0.1) is 17.6 Å². The number of hydrogen-bond acceptors (Lipinski definition) is 3. The zero-order valence-electron chi connectivity index (χ0n) is 10.0. The van der Waals surface area contributed by atoms with E-state index in [9.17, 15) is 8.42 Å². The molecule has 0 bridgehead atoms. The van der Waals surface area contributed by atoms with E-state index < -0.39 is 10.0 Å². The van der Waals surface area contributed by atoms with Crippen molar-refractivity contribution in [3.63, 3.8) is 0 Å². The zero-order valence-corrected chi connectivity index (χ0v) is 10.8. The standard InChI is InChI=1S/C12H17NO3S/c1-9(2)10-3-5-12(6-4-10)17(14,15)13-7-11-8-16-11/h3-6,9,11,13H,7-8H2,1-2H3. The summed E-state index contributed by atoms with van der Waals surface area (Å²) in [5.41, 5.74) is 1.13. The van der Waals surface area contributed by atoms with Crippen LogP contribution in [0, 0.1) is 0 Å². The van der Waals surface area contributed by atoms with Crippen molar-refractivity contribution in [2.24, 2.45) is 0 Å². The quantitative estimate of drug-likeness (QED) is 0.811. The molecule has 1 heterocycles. The largest absolute Gasteiger partial charge is 0.372 e. The third-order valence-electron chi connectivity index (χ3n) is 2.76. The minimum Gasteiger partial charge on any atom is -0.372 e. The summed E-state index contributed by atoms with van der Waals surface area (Å²) in [4.78, 5) is 0.308.